The molecule has 0 aliphatic rings. The maximum atomic E-state index is 6.07. The van der Waals surface area contributed by atoms with Crippen LogP contribution in [-0.2, 0) is 0 Å². The molecule has 0 amide bonds. The zero-order valence-electron chi connectivity index (χ0n) is 8.96. The largest absolute Gasteiger partial charge is 0.494 e. The Morgan fingerprint density at radius 1 is 1.38 bits per heavy atom. The van der Waals surface area contributed by atoms with Gasteiger partial charge in [0, 0.05) is 0 Å². The highest BCUT2D eigenvalue weighted by Crippen LogP contribution is 2.23. The van der Waals surface area contributed by atoms with Gasteiger partial charge in [-0.25, -0.2) is 0 Å². The summed E-state index contributed by atoms with van der Waals surface area (Å²) in [5.41, 5.74) is 7.11. The van der Waals surface area contributed by atoms with Gasteiger partial charge in [0.2, 0.25) is 0 Å². The van der Waals surface area contributed by atoms with Gasteiger partial charge in [-0.3, -0.25) is 0 Å². The van der Waals surface area contributed by atoms with Gasteiger partial charge < -0.3 is 10.5 Å². The van der Waals surface area contributed by atoms with Crippen LogP contribution in [0.2, 0.25) is 0 Å². The van der Waals surface area contributed by atoms with Gasteiger partial charge in [0.25, 0.3) is 0 Å². The Morgan fingerprint density at radius 2 is 2.12 bits per heavy atom. The van der Waals surface area contributed by atoms with Crippen LogP contribution >= 0.6 is 11.5 Å². The van der Waals surface area contributed by atoms with E-state index < -0.39 is 0 Å². The van der Waals surface area contributed by atoms with Gasteiger partial charge in [0.15, 0.2) is 0 Å². The average molecular weight is 235 g/mol. The van der Waals surface area contributed by atoms with E-state index in [1.807, 2.05) is 31.2 Å². The summed E-state index contributed by atoms with van der Waals surface area (Å²) in [6.07, 6.45) is 1.70. The van der Waals surface area contributed by atoms with E-state index in [0.717, 1.165) is 16.2 Å². The number of hydrogen-bond donors (Lipinski definition) is 1. The molecule has 1 heterocycles. The molecule has 0 aliphatic carbocycles. The molecule has 16 heavy (non-hydrogen) atoms. The van der Waals surface area contributed by atoms with Gasteiger partial charge in [0.1, 0.15) is 5.75 Å². The summed E-state index contributed by atoms with van der Waals surface area (Å²) in [5.74, 6) is 0.862. The molecule has 2 rings (SSSR count). The standard InChI is InChI=1S/C11H13N3OS/c1-2-15-9-5-3-8(4-6-9)11(12)10-7-13-14-16-10/h3-7,11H,2,12H2,1H3. The Bertz CT molecular complexity index is 427. The molecule has 84 valence electrons. The predicted molar refractivity (Wildman–Crippen MR) is 63.6 cm³/mol. The smallest absolute Gasteiger partial charge is 0.119 e. The van der Waals surface area contributed by atoms with Crippen molar-refractivity contribution in [1.82, 2.24) is 9.59 Å². The van der Waals surface area contributed by atoms with Crippen molar-refractivity contribution in [3.63, 3.8) is 0 Å². The zero-order chi connectivity index (χ0) is 11.4. The van der Waals surface area contributed by atoms with Crippen LogP contribution < -0.4 is 10.5 Å². The highest BCUT2D eigenvalue weighted by Gasteiger charge is 2.10. The number of nitrogens with two attached hydrogens (primary N) is 1. The van der Waals surface area contributed by atoms with E-state index in [0.29, 0.717) is 6.61 Å². The minimum Gasteiger partial charge on any atom is -0.494 e. The number of ether oxygens (including phenoxy) is 1. The molecule has 0 bridgehead atoms. The number of benzene rings is 1. The van der Waals surface area contributed by atoms with Gasteiger partial charge in [-0.05, 0) is 36.2 Å². The van der Waals surface area contributed by atoms with Gasteiger partial charge in [-0.2, -0.15) is 0 Å². The van der Waals surface area contributed by atoms with Crippen molar-refractivity contribution in [2.45, 2.75) is 13.0 Å². The van der Waals surface area contributed by atoms with E-state index in [-0.39, 0.29) is 6.04 Å². The minimum absolute atomic E-state index is 0.157. The maximum Gasteiger partial charge on any atom is 0.119 e. The first kappa shape index (κ1) is 11.0. The minimum atomic E-state index is -0.157. The highest BCUT2D eigenvalue weighted by atomic mass is 32.1. The van der Waals surface area contributed by atoms with Crippen LogP contribution in [0.4, 0.5) is 0 Å². The second kappa shape index (κ2) is 5.05. The van der Waals surface area contributed by atoms with Crippen molar-refractivity contribution < 1.29 is 4.74 Å². The van der Waals surface area contributed by atoms with E-state index in [1.165, 1.54) is 11.5 Å². The topological polar surface area (TPSA) is 61.0 Å². The van der Waals surface area contributed by atoms with Crippen molar-refractivity contribution in [2.24, 2.45) is 5.73 Å². The van der Waals surface area contributed by atoms with Crippen LogP contribution in [0.3, 0.4) is 0 Å². The molecule has 0 saturated carbocycles. The van der Waals surface area contributed by atoms with E-state index >= 15 is 0 Å². The van der Waals surface area contributed by atoms with Crippen LogP contribution in [0.1, 0.15) is 23.4 Å². The number of nitrogens with zero attached hydrogens (tertiary/aromatic N) is 2. The number of rotatable bonds is 4. The van der Waals surface area contributed by atoms with Crippen LogP contribution in [0.5, 0.6) is 5.75 Å². The lowest BCUT2D eigenvalue weighted by molar-refractivity contribution is 0.340. The monoisotopic (exact) mass is 235 g/mol. The second-order valence-corrected chi connectivity index (χ2v) is 4.12. The average Bonchev–Trinajstić information content (AvgIpc) is 2.83. The molecule has 1 aromatic carbocycles. The molecular formula is C11H13N3OS. The number of aromatic nitrogens is 2. The maximum absolute atomic E-state index is 6.07. The zero-order valence-corrected chi connectivity index (χ0v) is 9.78. The molecule has 1 unspecified atom stereocenters. The summed E-state index contributed by atoms with van der Waals surface area (Å²) in [6.45, 7) is 2.63. The van der Waals surface area contributed by atoms with Crippen molar-refractivity contribution in [3.05, 3.63) is 40.9 Å². The third kappa shape index (κ3) is 2.37. The van der Waals surface area contributed by atoms with E-state index in [9.17, 15) is 0 Å². The van der Waals surface area contributed by atoms with Crippen LogP contribution in [-0.4, -0.2) is 16.2 Å². The lowest BCUT2D eigenvalue weighted by Gasteiger charge is -2.09. The van der Waals surface area contributed by atoms with Gasteiger partial charge in [-0.15, -0.1) is 5.10 Å². The molecule has 0 aliphatic heterocycles. The summed E-state index contributed by atoms with van der Waals surface area (Å²) in [6, 6.07) is 7.63. The lowest BCUT2D eigenvalue weighted by Crippen LogP contribution is -2.10. The molecule has 4 nitrogen and oxygen atoms in total. The fourth-order valence-electron chi connectivity index (χ4n) is 1.41. The Balaban J connectivity index is 2.15. The molecule has 5 heteroatoms. The van der Waals surface area contributed by atoms with Crippen LogP contribution in [0, 0.1) is 0 Å². The third-order valence-electron chi connectivity index (χ3n) is 2.24. The Labute approximate surface area is 98.2 Å². The normalized spacial score (nSPS) is 12.4. The third-order valence-corrected chi connectivity index (χ3v) is 2.98. The fraction of sp³-hybridized carbons (Fsp3) is 0.273. The highest BCUT2D eigenvalue weighted by molar-refractivity contribution is 7.05. The van der Waals surface area contributed by atoms with Crippen molar-refractivity contribution >= 4 is 11.5 Å². The molecule has 0 radical (unpaired) electrons. The first-order chi connectivity index (χ1) is 7.81. The quantitative estimate of drug-likeness (QED) is 0.880. The predicted octanol–water partition coefficient (Wildman–Crippen LogP) is 1.98. The molecule has 0 fully saturated rings. The van der Waals surface area contributed by atoms with Crippen molar-refractivity contribution in [1.29, 1.82) is 0 Å². The van der Waals surface area contributed by atoms with Crippen molar-refractivity contribution in [2.75, 3.05) is 6.61 Å². The summed E-state index contributed by atoms with van der Waals surface area (Å²) < 4.78 is 9.17. The Kier molecular flexibility index (Phi) is 3.48. The molecule has 1 aromatic heterocycles. The van der Waals surface area contributed by atoms with Gasteiger partial charge in [-0.1, -0.05) is 16.6 Å². The first-order valence-corrected chi connectivity index (χ1v) is 5.84. The van der Waals surface area contributed by atoms with Crippen LogP contribution in [0.15, 0.2) is 30.5 Å². The summed E-state index contributed by atoms with van der Waals surface area (Å²) in [7, 11) is 0. The fourth-order valence-corrected chi connectivity index (χ4v) is 1.95. The molecule has 2 N–H and O–H groups in total. The molecule has 1 atom stereocenters. The summed E-state index contributed by atoms with van der Waals surface area (Å²) in [5, 5.41) is 3.78. The molecule has 2 aromatic rings. The van der Waals surface area contributed by atoms with E-state index in [1.54, 1.807) is 6.20 Å². The molecule has 0 saturated heterocycles. The number of hydrogen-bond acceptors (Lipinski definition) is 5. The second-order valence-electron chi connectivity index (χ2n) is 3.30. The lowest BCUT2D eigenvalue weighted by atomic mass is 10.1. The summed E-state index contributed by atoms with van der Waals surface area (Å²) in [4.78, 5) is 0.962. The Morgan fingerprint density at radius 3 is 2.69 bits per heavy atom. The molecular weight excluding hydrogens is 222 g/mol. The molecule has 0 spiro atoms. The summed E-state index contributed by atoms with van der Waals surface area (Å²) >= 11 is 1.32. The van der Waals surface area contributed by atoms with Crippen LogP contribution in [0.25, 0.3) is 0 Å². The van der Waals surface area contributed by atoms with Gasteiger partial charge in [0.05, 0.1) is 23.7 Å². The SMILES string of the molecule is CCOc1ccc(C(N)c2cnns2)cc1. The van der Waals surface area contributed by atoms with E-state index in [4.69, 9.17) is 10.5 Å². The van der Waals surface area contributed by atoms with Crippen molar-refractivity contribution in [3.8, 4) is 5.75 Å². The Hall–Kier alpha value is -1.46. The first-order valence-electron chi connectivity index (χ1n) is 5.07. The van der Waals surface area contributed by atoms with Gasteiger partial charge >= 0.3 is 0 Å². The van der Waals surface area contributed by atoms with E-state index in [2.05, 4.69) is 9.59 Å².